The second kappa shape index (κ2) is 8.33. The number of nitrogens with one attached hydrogen (secondary N) is 1. The Hall–Kier alpha value is -3.02. The van der Waals surface area contributed by atoms with Crippen LogP contribution < -0.4 is 15.0 Å². The zero-order chi connectivity index (χ0) is 19.3. The maximum absolute atomic E-state index is 12.7. The van der Waals surface area contributed by atoms with Crippen LogP contribution in [0.1, 0.15) is 25.3 Å². The molecular weight excluding hydrogens is 354 g/mol. The van der Waals surface area contributed by atoms with Gasteiger partial charge in [0.2, 0.25) is 5.91 Å². The molecule has 1 aromatic heterocycles. The van der Waals surface area contributed by atoms with Crippen LogP contribution in [0.2, 0.25) is 0 Å². The first kappa shape index (κ1) is 18.3. The maximum Gasteiger partial charge on any atom is 0.298 e. The minimum atomic E-state index is -0.0635. The van der Waals surface area contributed by atoms with E-state index in [0.29, 0.717) is 25.7 Å². The van der Waals surface area contributed by atoms with Gasteiger partial charge in [0, 0.05) is 19.6 Å². The van der Waals surface area contributed by atoms with Crippen LogP contribution in [0.15, 0.2) is 52.9 Å². The van der Waals surface area contributed by atoms with Gasteiger partial charge in [0.05, 0.1) is 12.5 Å². The van der Waals surface area contributed by atoms with Crippen molar-refractivity contribution in [1.29, 1.82) is 0 Å². The van der Waals surface area contributed by atoms with Crippen LogP contribution in [-0.2, 0) is 11.3 Å². The van der Waals surface area contributed by atoms with E-state index in [1.807, 2.05) is 55.5 Å². The van der Waals surface area contributed by atoms with Crippen LogP contribution in [0.4, 0.5) is 6.01 Å². The van der Waals surface area contributed by atoms with Gasteiger partial charge in [-0.05, 0) is 49.6 Å². The molecule has 2 aromatic carbocycles. The topological polar surface area (TPSA) is 67.6 Å². The number of para-hydroxylation sites is 2. The number of piperidine rings is 1. The Bertz CT molecular complexity index is 903. The fraction of sp³-hybridized carbons (Fsp3) is 0.364. The molecule has 1 atom stereocenters. The van der Waals surface area contributed by atoms with Gasteiger partial charge >= 0.3 is 0 Å². The Balaban J connectivity index is 1.35. The zero-order valence-corrected chi connectivity index (χ0v) is 16.1. The Morgan fingerprint density at radius 1 is 1.25 bits per heavy atom. The molecule has 4 rings (SSSR count). The normalized spacial score (nSPS) is 16.9. The van der Waals surface area contributed by atoms with Crippen LogP contribution in [-0.4, -0.2) is 30.6 Å². The predicted molar refractivity (Wildman–Crippen MR) is 108 cm³/mol. The number of amides is 1. The average Bonchev–Trinajstić information content (AvgIpc) is 3.18. The van der Waals surface area contributed by atoms with Gasteiger partial charge in [-0.15, -0.1) is 0 Å². The molecule has 0 aliphatic carbocycles. The molecule has 0 spiro atoms. The lowest BCUT2D eigenvalue weighted by Gasteiger charge is -2.30. The standard InChI is InChI=1S/C22H25N3O3/c1-2-27-18-11-9-16(10-12-18)14-23-21(26)17-6-5-13-25(15-17)22-24-19-7-3-4-8-20(19)28-22/h3-4,7-12,17H,2,5-6,13-15H2,1H3,(H,23,26)/t17-/m1/s1. The van der Waals surface area contributed by atoms with E-state index in [-0.39, 0.29) is 11.8 Å². The third-order valence-electron chi connectivity index (χ3n) is 5.05. The van der Waals surface area contributed by atoms with E-state index >= 15 is 0 Å². The quantitative estimate of drug-likeness (QED) is 0.706. The fourth-order valence-corrected chi connectivity index (χ4v) is 3.56. The fourth-order valence-electron chi connectivity index (χ4n) is 3.56. The smallest absolute Gasteiger partial charge is 0.298 e. The minimum absolute atomic E-state index is 0.0635. The van der Waals surface area contributed by atoms with Gasteiger partial charge in [-0.1, -0.05) is 24.3 Å². The van der Waals surface area contributed by atoms with Gasteiger partial charge < -0.3 is 19.4 Å². The third-order valence-corrected chi connectivity index (χ3v) is 5.05. The average molecular weight is 379 g/mol. The van der Waals surface area contributed by atoms with Crippen molar-refractivity contribution in [1.82, 2.24) is 10.3 Å². The van der Waals surface area contributed by atoms with Crippen LogP contribution in [0.5, 0.6) is 5.75 Å². The number of fused-ring (bicyclic) bond motifs is 1. The van der Waals surface area contributed by atoms with Crippen LogP contribution >= 0.6 is 0 Å². The summed E-state index contributed by atoms with van der Waals surface area (Å²) in [5.74, 6) is 0.861. The first-order valence-corrected chi connectivity index (χ1v) is 9.83. The van der Waals surface area contributed by atoms with Crippen LogP contribution in [0.25, 0.3) is 11.1 Å². The first-order valence-electron chi connectivity index (χ1n) is 9.83. The van der Waals surface area contributed by atoms with E-state index in [9.17, 15) is 4.79 Å². The highest BCUT2D eigenvalue weighted by atomic mass is 16.5. The van der Waals surface area contributed by atoms with Gasteiger partial charge in [-0.25, -0.2) is 0 Å². The van der Waals surface area contributed by atoms with Crippen LogP contribution in [0.3, 0.4) is 0 Å². The Morgan fingerprint density at radius 3 is 2.86 bits per heavy atom. The number of carbonyl (C=O) groups excluding carboxylic acids is 1. The summed E-state index contributed by atoms with van der Waals surface area (Å²) in [4.78, 5) is 19.3. The molecule has 1 N–H and O–H groups in total. The van der Waals surface area contributed by atoms with Gasteiger partial charge in [0.15, 0.2) is 5.58 Å². The molecular formula is C22H25N3O3. The third kappa shape index (κ3) is 4.11. The number of anilines is 1. The first-order chi connectivity index (χ1) is 13.7. The van der Waals surface area contributed by atoms with E-state index in [2.05, 4.69) is 15.2 Å². The second-order valence-electron chi connectivity index (χ2n) is 7.04. The maximum atomic E-state index is 12.7. The highest BCUT2D eigenvalue weighted by molar-refractivity contribution is 5.79. The number of ether oxygens (including phenoxy) is 1. The van der Waals surface area contributed by atoms with Crippen molar-refractivity contribution in [2.45, 2.75) is 26.3 Å². The lowest BCUT2D eigenvalue weighted by molar-refractivity contribution is -0.125. The van der Waals surface area contributed by atoms with E-state index in [1.165, 1.54) is 0 Å². The molecule has 0 bridgehead atoms. The largest absolute Gasteiger partial charge is 0.494 e. The Morgan fingerprint density at radius 2 is 2.07 bits per heavy atom. The van der Waals surface area contributed by atoms with Crippen molar-refractivity contribution < 1.29 is 13.9 Å². The minimum Gasteiger partial charge on any atom is -0.494 e. The number of hydrogen-bond acceptors (Lipinski definition) is 5. The van der Waals surface area contributed by atoms with Crippen molar-refractivity contribution in [3.05, 3.63) is 54.1 Å². The SMILES string of the molecule is CCOc1ccc(CNC(=O)[C@@H]2CCCN(c3nc4ccccc4o3)C2)cc1. The summed E-state index contributed by atoms with van der Waals surface area (Å²) >= 11 is 0. The van der Waals surface area contributed by atoms with Gasteiger partial charge in [0.1, 0.15) is 11.3 Å². The Labute approximate surface area is 164 Å². The zero-order valence-electron chi connectivity index (χ0n) is 16.1. The molecule has 28 heavy (non-hydrogen) atoms. The van der Waals surface area contributed by atoms with Crippen molar-refractivity contribution in [2.24, 2.45) is 5.92 Å². The summed E-state index contributed by atoms with van der Waals surface area (Å²) in [6, 6.07) is 16.2. The number of oxazole rings is 1. The predicted octanol–water partition coefficient (Wildman–Crippen LogP) is 3.76. The summed E-state index contributed by atoms with van der Waals surface area (Å²) < 4.78 is 11.3. The highest BCUT2D eigenvalue weighted by Gasteiger charge is 2.28. The number of aromatic nitrogens is 1. The molecule has 2 heterocycles. The molecule has 146 valence electrons. The van der Waals surface area contributed by atoms with Crippen molar-refractivity contribution >= 4 is 23.0 Å². The van der Waals surface area contributed by atoms with E-state index in [0.717, 1.165) is 41.8 Å². The summed E-state index contributed by atoms with van der Waals surface area (Å²) in [6.07, 6.45) is 1.83. The van der Waals surface area contributed by atoms with Crippen molar-refractivity contribution in [3.63, 3.8) is 0 Å². The summed E-state index contributed by atoms with van der Waals surface area (Å²) in [6.45, 7) is 4.61. The summed E-state index contributed by atoms with van der Waals surface area (Å²) in [7, 11) is 0. The molecule has 0 radical (unpaired) electrons. The van der Waals surface area contributed by atoms with E-state index in [1.54, 1.807) is 0 Å². The second-order valence-corrected chi connectivity index (χ2v) is 7.04. The molecule has 6 heteroatoms. The molecule has 3 aromatic rings. The van der Waals surface area contributed by atoms with Crippen molar-refractivity contribution in [2.75, 3.05) is 24.6 Å². The summed E-state index contributed by atoms with van der Waals surface area (Å²) in [5, 5.41) is 3.06. The molecule has 0 saturated carbocycles. The number of carbonyl (C=O) groups is 1. The van der Waals surface area contributed by atoms with Crippen LogP contribution in [0, 0.1) is 5.92 Å². The van der Waals surface area contributed by atoms with Gasteiger partial charge in [-0.2, -0.15) is 4.98 Å². The molecule has 1 fully saturated rings. The summed E-state index contributed by atoms with van der Waals surface area (Å²) in [5.41, 5.74) is 2.68. The van der Waals surface area contributed by atoms with Gasteiger partial charge in [-0.3, -0.25) is 4.79 Å². The molecule has 1 saturated heterocycles. The number of nitrogens with zero attached hydrogens (tertiary/aromatic N) is 2. The molecule has 6 nitrogen and oxygen atoms in total. The highest BCUT2D eigenvalue weighted by Crippen LogP contribution is 2.26. The number of benzene rings is 2. The molecule has 0 unspecified atom stereocenters. The molecule has 1 aliphatic rings. The lowest BCUT2D eigenvalue weighted by Crippen LogP contribution is -2.43. The van der Waals surface area contributed by atoms with Crippen molar-refractivity contribution in [3.8, 4) is 5.75 Å². The number of hydrogen-bond donors (Lipinski definition) is 1. The molecule has 1 amide bonds. The number of rotatable bonds is 6. The lowest BCUT2D eigenvalue weighted by atomic mass is 9.97. The van der Waals surface area contributed by atoms with E-state index < -0.39 is 0 Å². The van der Waals surface area contributed by atoms with Gasteiger partial charge in [0.25, 0.3) is 6.01 Å². The molecule has 1 aliphatic heterocycles. The van der Waals surface area contributed by atoms with E-state index in [4.69, 9.17) is 9.15 Å². The Kier molecular flexibility index (Phi) is 5.46. The monoisotopic (exact) mass is 379 g/mol.